The summed E-state index contributed by atoms with van der Waals surface area (Å²) in [6.45, 7) is 9.52. The number of ether oxygens (including phenoxy) is 2. The Morgan fingerprint density at radius 1 is 0.950 bits per heavy atom. The molecule has 1 aliphatic heterocycles. The number of amides is 3. The summed E-state index contributed by atoms with van der Waals surface area (Å²) in [6.07, 6.45) is 0.878. The van der Waals surface area contributed by atoms with E-state index in [1.807, 2.05) is 56.7 Å². The van der Waals surface area contributed by atoms with Crippen molar-refractivity contribution < 1.29 is 55.3 Å². The van der Waals surface area contributed by atoms with Gasteiger partial charge >= 0.3 is 11.7 Å². The van der Waals surface area contributed by atoms with Crippen LogP contribution in [-0.4, -0.2) is 103 Å². The fourth-order valence-corrected chi connectivity index (χ4v) is 11.7. The van der Waals surface area contributed by atoms with Crippen LogP contribution < -0.4 is 25.5 Å². The van der Waals surface area contributed by atoms with E-state index < -0.39 is 56.8 Å². The smallest absolute Gasteiger partial charge is 0.355 e. The zero-order valence-electron chi connectivity index (χ0n) is 44.6. The van der Waals surface area contributed by atoms with Gasteiger partial charge in [0.15, 0.2) is 9.68 Å². The molecule has 80 heavy (non-hydrogen) atoms. The van der Waals surface area contributed by atoms with Crippen molar-refractivity contribution >= 4 is 77.1 Å². The zero-order chi connectivity index (χ0) is 57.6. The fraction of sp³-hybridized carbons (Fsp3) is 0.339. The number of aryl methyl sites for hydroxylation is 2. The molecule has 420 valence electrons. The Kier molecular flexibility index (Phi) is 18.1. The summed E-state index contributed by atoms with van der Waals surface area (Å²) in [5.41, 5.74) is 12.8. The number of halogens is 3. The number of likely N-dealkylation sites (tertiary alicyclic amines) is 1. The maximum Gasteiger partial charge on any atom is 0.355 e. The van der Waals surface area contributed by atoms with Crippen LogP contribution in [0.2, 0.25) is 5.54 Å². The minimum absolute atomic E-state index is 0.00195. The number of rotatable bonds is 21. The molecule has 4 atom stereocenters. The van der Waals surface area contributed by atoms with Gasteiger partial charge in [-0.25, -0.2) is 27.6 Å². The number of nitrogens with zero attached hydrogens (tertiary/aromatic N) is 5. The standard InChI is InChI=1S/C56H60F3N9O9S2Si/c1-31-49(78-30-63-31)36-12-10-33(11-13-36)27-62-52(71)43-26-40(69)29-68(43)53(72)50(56(3,4)5)80-66-45(70)9-7-8-24-76-54(73)37-16-14-35(15-17-37)41-28-61-51(60)46-47(64-67(6)48(41)46)38-20-23-42(65-79(74,75)55(58)59)44(25-38)77-32(2)34-18-21-39(57)22-19-34/h10-23,25,28,30,32,40,43,50,55,65,69H,7-9,24,26-27,29H2,1-6H3,(H2,60,61)(H,62,71)(H,66,70)/t32-,40+,43-,50+/m0/s1. The Hall–Kier alpha value is -7.67. The summed E-state index contributed by atoms with van der Waals surface area (Å²) >= 11 is 1.56. The summed E-state index contributed by atoms with van der Waals surface area (Å²) in [5.74, 6) is -5.79. The number of nitrogen functional groups attached to an aromatic ring is 1. The number of β-amino-alcohol motifs (C(OH)–C–C–N with tert-alkyl or cyclic N) is 1. The molecule has 0 spiro atoms. The molecule has 1 aliphatic rings. The summed E-state index contributed by atoms with van der Waals surface area (Å²) in [7, 11) is -3.72. The number of anilines is 2. The van der Waals surface area contributed by atoms with Gasteiger partial charge in [0.05, 0.1) is 56.5 Å². The van der Waals surface area contributed by atoms with E-state index in [9.17, 15) is 45.9 Å². The Balaban J connectivity index is 0.844. The Morgan fingerprint density at radius 3 is 2.30 bits per heavy atom. The molecule has 4 heterocycles. The van der Waals surface area contributed by atoms with Crippen LogP contribution in [-0.2, 0) is 42.7 Å². The molecule has 18 nitrogen and oxygen atoms in total. The average molecular weight is 1150 g/mol. The van der Waals surface area contributed by atoms with Crippen LogP contribution in [0.15, 0.2) is 103 Å². The average Bonchev–Trinajstić information content (AvgIpc) is 4.21. The lowest BCUT2D eigenvalue weighted by atomic mass is 9.90. The Labute approximate surface area is 467 Å². The van der Waals surface area contributed by atoms with Crippen molar-refractivity contribution in [3.63, 3.8) is 0 Å². The number of unbranched alkanes of at least 4 members (excludes halogenated alkanes) is 1. The first-order chi connectivity index (χ1) is 38.0. The summed E-state index contributed by atoms with van der Waals surface area (Å²) in [5, 5.41) is 18.7. The number of aromatic nitrogens is 4. The molecular weight excluding hydrogens is 1090 g/mol. The number of fused-ring (bicyclic) bond motifs is 1. The molecule has 3 aromatic heterocycles. The van der Waals surface area contributed by atoms with Crippen molar-refractivity contribution in [2.45, 2.75) is 96.4 Å². The number of benzene rings is 4. The first-order valence-electron chi connectivity index (χ1n) is 25.5. The van der Waals surface area contributed by atoms with Crippen LogP contribution in [0.4, 0.5) is 24.7 Å². The second-order valence-electron chi connectivity index (χ2n) is 20.4. The number of sulfonamides is 1. The van der Waals surface area contributed by atoms with Crippen LogP contribution in [0.5, 0.6) is 5.75 Å². The molecule has 1 fully saturated rings. The number of aliphatic hydroxyl groups is 1. The lowest BCUT2D eigenvalue weighted by Gasteiger charge is -2.34. The van der Waals surface area contributed by atoms with E-state index in [-0.39, 0.29) is 82.8 Å². The highest BCUT2D eigenvalue weighted by atomic mass is 32.2. The molecule has 6 N–H and O–H groups in total. The first kappa shape index (κ1) is 58.5. The highest BCUT2D eigenvalue weighted by molar-refractivity contribution is 7.93. The molecule has 0 saturated carbocycles. The number of thiazole rings is 1. The van der Waals surface area contributed by atoms with Crippen molar-refractivity contribution in [1.82, 2.24) is 34.9 Å². The quantitative estimate of drug-likeness (QED) is 0.0257. The number of hydrogen-bond acceptors (Lipinski definition) is 14. The molecule has 0 unspecified atom stereocenters. The van der Waals surface area contributed by atoms with Gasteiger partial charge < -0.3 is 35.5 Å². The monoisotopic (exact) mass is 1150 g/mol. The largest absolute Gasteiger partial charge is 0.484 e. The van der Waals surface area contributed by atoms with Gasteiger partial charge in [-0.2, -0.15) is 13.9 Å². The molecule has 1 saturated heterocycles. The van der Waals surface area contributed by atoms with Crippen LogP contribution in [0, 0.1) is 18.2 Å². The number of nitrogens with two attached hydrogens (primary N) is 1. The third kappa shape index (κ3) is 13.7. The molecule has 24 heteroatoms. The minimum Gasteiger partial charge on any atom is -0.484 e. The summed E-state index contributed by atoms with van der Waals surface area (Å²) in [6, 6.07) is 23.1. The molecule has 0 bridgehead atoms. The lowest BCUT2D eigenvalue weighted by molar-refractivity contribution is -0.140. The predicted octanol–water partition coefficient (Wildman–Crippen LogP) is 8.74. The summed E-state index contributed by atoms with van der Waals surface area (Å²) < 4.78 is 80.3. The number of nitrogens with one attached hydrogen (secondary N) is 3. The van der Waals surface area contributed by atoms with Crippen molar-refractivity contribution in [2.75, 3.05) is 23.6 Å². The normalized spacial score (nSPS) is 15.4. The third-order valence-corrected chi connectivity index (χ3v) is 17.3. The highest BCUT2D eigenvalue weighted by Gasteiger charge is 2.44. The SMILES string of the molecule is Cc1ncsc1-c1ccc(CNC(=O)[C@@H]2C[C@@H](O)CN2C(=O)[C@@H]([Si]NC(=O)CCCCOC(=O)c2ccc(-c3cnc(N)c4c(-c5ccc(NS(=O)(=O)C(F)F)c(O[C@@H](C)c6ccc(F)cc6)c5)nn(C)c34)cc2)C(C)(C)C)cc1. The van der Waals surface area contributed by atoms with Crippen LogP contribution in [0.25, 0.3) is 43.7 Å². The second kappa shape index (κ2) is 24.8. The van der Waals surface area contributed by atoms with E-state index in [1.54, 1.807) is 66.0 Å². The maximum atomic E-state index is 14.1. The second-order valence-corrected chi connectivity index (χ2v) is 24.0. The Bertz CT molecular complexity index is 3510. The number of hydrogen-bond donors (Lipinski definition) is 5. The van der Waals surface area contributed by atoms with Crippen LogP contribution >= 0.6 is 11.3 Å². The van der Waals surface area contributed by atoms with E-state index in [1.165, 1.54) is 47.4 Å². The van der Waals surface area contributed by atoms with E-state index >= 15 is 0 Å². The number of carbonyl (C=O) groups excluding carboxylic acids is 4. The van der Waals surface area contributed by atoms with Gasteiger partial charge in [-0.05, 0) is 90.8 Å². The molecule has 8 rings (SSSR count). The fourth-order valence-electron chi connectivity index (χ4n) is 9.21. The highest BCUT2D eigenvalue weighted by Crippen LogP contribution is 2.41. The molecule has 7 aromatic rings. The van der Waals surface area contributed by atoms with Crippen molar-refractivity contribution in [2.24, 2.45) is 12.5 Å². The lowest BCUT2D eigenvalue weighted by Crippen LogP contribution is -2.50. The maximum absolute atomic E-state index is 14.1. The van der Waals surface area contributed by atoms with Crippen molar-refractivity contribution in [1.29, 1.82) is 0 Å². The Morgan fingerprint density at radius 2 is 1.64 bits per heavy atom. The predicted molar refractivity (Wildman–Crippen MR) is 299 cm³/mol. The number of esters is 1. The van der Waals surface area contributed by atoms with Crippen LogP contribution in [0.1, 0.15) is 86.7 Å². The number of alkyl halides is 2. The third-order valence-electron chi connectivity index (χ3n) is 13.5. The van der Waals surface area contributed by atoms with Gasteiger partial charge in [0.2, 0.25) is 17.7 Å². The van der Waals surface area contributed by atoms with Gasteiger partial charge in [0.1, 0.15) is 35.2 Å². The van der Waals surface area contributed by atoms with Crippen molar-refractivity contribution in [3.05, 3.63) is 131 Å². The molecule has 0 aliphatic carbocycles. The molecule has 3 amide bonds. The van der Waals surface area contributed by atoms with E-state index in [0.717, 1.165) is 21.7 Å². The first-order valence-corrected chi connectivity index (χ1v) is 29.0. The minimum atomic E-state index is -5.10. The number of aliphatic hydroxyl groups excluding tert-OH is 1. The number of pyridine rings is 1. The molecule has 4 aromatic carbocycles. The summed E-state index contributed by atoms with van der Waals surface area (Å²) in [4.78, 5) is 68.0. The van der Waals surface area contributed by atoms with Crippen molar-refractivity contribution in [3.8, 4) is 38.6 Å². The topological polar surface area (TPSA) is 250 Å². The van der Waals surface area contributed by atoms with Gasteiger partial charge in [-0.15, -0.1) is 11.3 Å². The van der Waals surface area contributed by atoms with Gasteiger partial charge in [0.25, 0.3) is 10.0 Å². The number of carbonyl (C=O) groups is 4. The van der Waals surface area contributed by atoms with Gasteiger partial charge in [-0.3, -0.25) is 23.8 Å². The van der Waals surface area contributed by atoms with E-state index in [2.05, 4.69) is 20.3 Å². The zero-order valence-corrected chi connectivity index (χ0v) is 47.3. The van der Waals surface area contributed by atoms with Crippen LogP contribution in [0.3, 0.4) is 0 Å². The molecule has 2 radical (unpaired) electrons. The van der Waals surface area contributed by atoms with Gasteiger partial charge in [0, 0.05) is 50.3 Å². The van der Waals surface area contributed by atoms with E-state index in [4.69, 9.17) is 20.3 Å². The van der Waals surface area contributed by atoms with Gasteiger partial charge in [-0.1, -0.05) is 75.4 Å². The molecular formula is C56H60F3N9O9S2Si. The van der Waals surface area contributed by atoms with E-state index in [0.29, 0.717) is 51.7 Å².